The average molecular weight is 430 g/mol. The minimum atomic E-state index is -0.506. The van der Waals surface area contributed by atoms with E-state index in [9.17, 15) is 9.18 Å². The molecule has 1 N–H and O–H groups in total. The minimum absolute atomic E-state index is 0.139. The highest BCUT2D eigenvalue weighted by Gasteiger charge is 2.19. The quantitative estimate of drug-likeness (QED) is 0.527. The standard InChI is InChI=1S/C18H13BrFN5O2/c1-9-13-7-11(19)3-6-16(13)27-17(9)18(26)21-12-4-5-14(20)15(8-12)25-10(2)22-23-24-25/h3-8H,1-2H3,(H,21,26). The van der Waals surface area contributed by atoms with Crippen LogP contribution in [0.25, 0.3) is 16.7 Å². The van der Waals surface area contributed by atoms with Crippen LogP contribution in [0.1, 0.15) is 21.9 Å². The maximum absolute atomic E-state index is 14.2. The van der Waals surface area contributed by atoms with Crippen LogP contribution in [0.4, 0.5) is 10.1 Å². The van der Waals surface area contributed by atoms with E-state index in [-0.39, 0.29) is 11.4 Å². The van der Waals surface area contributed by atoms with Gasteiger partial charge in [0.1, 0.15) is 17.1 Å². The average Bonchev–Trinajstić information content (AvgIpc) is 3.20. The molecule has 0 aliphatic carbocycles. The maximum Gasteiger partial charge on any atom is 0.291 e. The summed E-state index contributed by atoms with van der Waals surface area (Å²) in [5.41, 5.74) is 1.88. The second kappa shape index (κ2) is 6.58. The zero-order valence-corrected chi connectivity index (χ0v) is 15.9. The van der Waals surface area contributed by atoms with Gasteiger partial charge in [0.15, 0.2) is 11.6 Å². The molecule has 2 aromatic heterocycles. The first kappa shape index (κ1) is 17.3. The molecule has 0 fully saturated rings. The number of nitrogens with zero attached hydrogens (tertiary/aromatic N) is 4. The van der Waals surface area contributed by atoms with Gasteiger partial charge < -0.3 is 9.73 Å². The number of carbonyl (C=O) groups excluding carboxylic acids is 1. The molecule has 7 nitrogen and oxygen atoms in total. The van der Waals surface area contributed by atoms with Crippen LogP contribution in [-0.2, 0) is 0 Å². The van der Waals surface area contributed by atoms with Crippen LogP contribution in [0.3, 0.4) is 0 Å². The Morgan fingerprint density at radius 1 is 1.22 bits per heavy atom. The number of hydrogen-bond donors (Lipinski definition) is 1. The Kier molecular flexibility index (Phi) is 4.23. The highest BCUT2D eigenvalue weighted by Crippen LogP contribution is 2.29. The van der Waals surface area contributed by atoms with E-state index >= 15 is 0 Å². The molecule has 0 radical (unpaired) electrons. The normalized spacial score (nSPS) is 11.1. The van der Waals surface area contributed by atoms with Gasteiger partial charge in [-0.05, 0) is 60.7 Å². The summed E-state index contributed by atoms with van der Waals surface area (Å²) in [6.45, 7) is 3.47. The van der Waals surface area contributed by atoms with Crippen molar-refractivity contribution in [3.63, 3.8) is 0 Å². The van der Waals surface area contributed by atoms with Crippen molar-refractivity contribution in [3.8, 4) is 5.69 Å². The van der Waals surface area contributed by atoms with Gasteiger partial charge in [-0.2, -0.15) is 4.68 Å². The first-order valence-electron chi connectivity index (χ1n) is 7.99. The van der Waals surface area contributed by atoms with Gasteiger partial charge in [-0.15, -0.1) is 5.10 Å². The summed E-state index contributed by atoms with van der Waals surface area (Å²) < 4.78 is 22.0. The van der Waals surface area contributed by atoms with Crippen molar-refractivity contribution in [3.05, 3.63) is 63.8 Å². The van der Waals surface area contributed by atoms with Crippen LogP contribution in [0, 0.1) is 19.7 Å². The third-order valence-corrected chi connectivity index (χ3v) is 4.66. The lowest BCUT2D eigenvalue weighted by atomic mass is 10.1. The minimum Gasteiger partial charge on any atom is -0.451 e. The Bertz CT molecular complexity index is 1180. The summed E-state index contributed by atoms with van der Waals surface area (Å²) in [5, 5.41) is 14.6. The number of carbonyl (C=O) groups is 1. The van der Waals surface area contributed by atoms with E-state index in [1.54, 1.807) is 13.0 Å². The van der Waals surface area contributed by atoms with Crippen molar-refractivity contribution < 1.29 is 13.6 Å². The number of tetrazole rings is 1. The molecule has 0 unspecified atom stereocenters. The topological polar surface area (TPSA) is 85.8 Å². The molecule has 0 bridgehead atoms. The summed E-state index contributed by atoms with van der Waals surface area (Å²) in [4.78, 5) is 12.7. The molecule has 4 rings (SSSR count). The van der Waals surface area contributed by atoms with E-state index in [0.717, 1.165) is 15.4 Å². The maximum atomic E-state index is 14.2. The third kappa shape index (κ3) is 3.10. The van der Waals surface area contributed by atoms with Gasteiger partial charge in [0.25, 0.3) is 5.91 Å². The lowest BCUT2D eigenvalue weighted by molar-refractivity contribution is 0.0998. The predicted molar refractivity (Wildman–Crippen MR) is 100 cm³/mol. The molecule has 0 aliphatic heterocycles. The number of halogens is 2. The number of rotatable bonds is 3. The fourth-order valence-corrected chi connectivity index (χ4v) is 3.17. The summed E-state index contributed by atoms with van der Waals surface area (Å²) >= 11 is 3.41. The van der Waals surface area contributed by atoms with Crippen LogP contribution in [0.2, 0.25) is 0 Å². The number of furan rings is 1. The van der Waals surface area contributed by atoms with E-state index in [2.05, 4.69) is 36.8 Å². The van der Waals surface area contributed by atoms with Crippen LogP contribution in [0.5, 0.6) is 0 Å². The van der Waals surface area contributed by atoms with Crippen LogP contribution >= 0.6 is 15.9 Å². The van der Waals surface area contributed by atoms with Crippen molar-refractivity contribution in [2.75, 3.05) is 5.32 Å². The molecule has 1 amide bonds. The van der Waals surface area contributed by atoms with Gasteiger partial charge in [-0.3, -0.25) is 4.79 Å². The van der Waals surface area contributed by atoms with Gasteiger partial charge in [-0.25, -0.2) is 4.39 Å². The van der Waals surface area contributed by atoms with Gasteiger partial charge in [0.05, 0.1) is 0 Å². The number of amides is 1. The smallest absolute Gasteiger partial charge is 0.291 e. The fraction of sp³-hybridized carbons (Fsp3) is 0.111. The first-order chi connectivity index (χ1) is 12.9. The molecule has 0 saturated heterocycles. The monoisotopic (exact) mass is 429 g/mol. The molecular formula is C18H13BrFN5O2. The summed E-state index contributed by atoms with van der Waals surface area (Å²) in [6.07, 6.45) is 0. The number of benzene rings is 2. The third-order valence-electron chi connectivity index (χ3n) is 4.16. The number of anilines is 1. The SMILES string of the molecule is Cc1c(C(=O)Nc2ccc(F)c(-n3nnnc3C)c2)oc2ccc(Br)cc12. The number of hydrogen-bond acceptors (Lipinski definition) is 5. The largest absolute Gasteiger partial charge is 0.451 e. The molecule has 2 heterocycles. The Morgan fingerprint density at radius 3 is 2.78 bits per heavy atom. The molecule has 136 valence electrons. The number of fused-ring (bicyclic) bond motifs is 1. The van der Waals surface area contributed by atoms with E-state index < -0.39 is 11.7 Å². The fourth-order valence-electron chi connectivity index (χ4n) is 2.80. The van der Waals surface area contributed by atoms with Crippen LogP contribution in [0.15, 0.2) is 45.3 Å². The van der Waals surface area contributed by atoms with Crippen LogP contribution in [-0.4, -0.2) is 26.1 Å². The van der Waals surface area contributed by atoms with E-state index in [1.807, 2.05) is 19.1 Å². The van der Waals surface area contributed by atoms with Crippen molar-refractivity contribution in [1.29, 1.82) is 0 Å². The zero-order chi connectivity index (χ0) is 19.1. The lowest BCUT2D eigenvalue weighted by Gasteiger charge is -2.08. The summed E-state index contributed by atoms with van der Waals surface area (Å²) in [6, 6.07) is 9.69. The van der Waals surface area contributed by atoms with Gasteiger partial charge >= 0.3 is 0 Å². The van der Waals surface area contributed by atoms with Crippen molar-refractivity contribution >= 4 is 38.5 Å². The van der Waals surface area contributed by atoms with Crippen molar-refractivity contribution in [2.24, 2.45) is 0 Å². The molecular weight excluding hydrogens is 417 g/mol. The molecule has 2 aromatic carbocycles. The molecule has 9 heteroatoms. The Morgan fingerprint density at radius 2 is 2.04 bits per heavy atom. The molecule has 27 heavy (non-hydrogen) atoms. The van der Waals surface area contributed by atoms with Crippen LogP contribution < -0.4 is 5.32 Å². The Labute approximate surface area is 161 Å². The summed E-state index contributed by atoms with van der Waals surface area (Å²) in [5.74, 6) is -0.303. The molecule has 0 spiro atoms. The molecule has 4 aromatic rings. The molecule has 0 atom stereocenters. The lowest BCUT2D eigenvalue weighted by Crippen LogP contribution is -2.13. The number of nitrogens with one attached hydrogen (secondary N) is 1. The van der Waals surface area contributed by atoms with Crippen molar-refractivity contribution in [2.45, 2.75) is 13.8 Å². The second-order valence-corrected chi connectivity index (χ2v) is 6.87. The highest BCUT2D eigenvalue weighted by molar-refractivity contribution is 9.10. The van der Waals surface area contributed by atoms with E-state index in [0.29, 0.717) is 17.1 Å². The first-order valence-corrected chi connectivity index (χ1v) is 8.78. The van der Waals surface area contributed by atoms with E-state index in [4.69, 9.17) is 4.42 Å². The van der Waals surface area contributed by atoms with Gasteiger partial charge in [0.2, 0.25) is 0 Å². The Balaban J connectivity index is 1.68. The highest BCUT2D eigenvalue weighted by atomic mass is 79.9. The summed E-state index contributed by atoms with van der Waals surface area (Å²) in [7, 11) is 0. The molecule has 0 saturated carbocycles. The molecule has 0 aliphatic rings. The Hall–Kier alpha value is -3.07. The zero-order valence-electron chi connectivity index (χ0n) is 14.3. The van der Waals surface area contributed by atoms with Crippen molar-refractivity contribution in [1.82, 2.24) is 20.2 Å². The number of aromatic nitrogens is 4. The van der Waals surface area contributed by atoms with Gasteiger partial charge in [0, 0.05) is 21.1 Å². The number of aryl methyl sites for hydroxylation is 2. The second-order valence-electron chi connectivity index (χ2n) is 5.95. The van der Waals surface area contributed by atoms with Gasteiger partial charge in [-0.1, -0.05) is 15.9 Å². The van der Waals surface area contributed by atoms with E-state index in [1.165, 1.54) is 22.9 Å². The predicted octanol–water partition coefficient (Wildman–Crippen LogP) is 4.18.